The molecule has 0 spiro atoms. The van der Waals surface area contributed by atoms with Gasteiger partial charge in [-0.15, -0.1) is 11.8 Å². The molecule has 2 heterocycles. The van der Waals surface area contributed by atoms with Gasteiger partial charge in [0.2, 0.25) is 5.91 Å². The molecule has 5 heteroatoms. The Morgan fingerprint density at radius 1 is 1.25 bits per heavy atom. The third-order valence-electron chi connectivity index (χ3n) is 4.85. The molecule has 1 aromatic heterocycles. The molecule has 1 aliphatic carbocycles. The number of benzene rings is 1. The van der Waals surface area contributed by atoms with Crippen LogP contribution in [0.3, 0.4) is 0 Å². The molecule has 1 aliphatic heterocycles. The van der Waals surface area contributed by atoms with Crippen molar-refractivity contribution in [2.24, 2.45) is 0 Å². The van der Waals surface area contributed by atoms with Crippen LogP contribution in [0.15, 0.2) is 30.5 Å². The van der Waals surface area contributed by atoms with Gasteiger partial charge in [0.15, 0.2) is 0 Å². The molecule has 2 aliphatic rings. The van der Waals surface area contributed by atoms with E-state index >= 15 is 0 Å². The monoisotopic (exact) mass is 339 g/mol. The van der Waals surface area contributed by atoms with Crippen molar-refractivity contribution in [3.63, 3.8) is 0 Å². The van der Waals surface area contributed by atoms with E-state index in [1.807, 2.05) is 19.2 Å². The predicted molar refractivity (Wildman–Crippen MR) is 95.9 cm³/mol. The molecule has 0 bridgehead atoms. The number of fused-ring (bicyclic) bond motifs is 2. The fourth-order valence-corrected chi connectivity index (χ4v) is 4.86. The van der Waals surface area contributed by atoms with Gasteiger partial charge in [-0.05, 0) is 49.5 Å². The fourth-order valence-electron chi connectivity index (χ4n) is 3.66. The lowest BCUT2D eigenvalue weighted by atomic mass is 9.92. The number of aryl methyl sites for hydroxylation is 3. The van der Waals surface area contributed by atoms with Crippen LogP contribution < -0.4 is 5.32 Å². The number of thioether (sulfide) groups is 1. The highest BCUT2D eigenvalue weighted by atomic mass is 32.2. The Balaban J connectivity index is 1.56. The van der Waals surface area contributed by atoms with E-state index in [2.05, 4.69) is 33.5 Å². The van der Waals surface area contributed by atoms with E-state index in [1.165, 1.54) is 11.1 Å². The van der Waals surface area contributed by atoms with E-state index in [0.717, 1.165) is 48.5 Å². The van der Waals surface area contributed by atoms with Crippen molar-refractivity contribution < 1.29 is 4.79 Å². The van der Waals surface area contributed by atoms with Gasteiger partial charge in [-0.3, -0.25) is 4.79 Å². The number of hydrogen-bond donors (Lipinski definition) is 1. The smallest absolute Gasteiger partial charge is 0.238 e. The molecule has 0 unspecified atom stereocenters. The van der Waals surface area contributed by atoms with Crippen molar-refractivity contribution in [1.29, 1.82) is 0 Å². The van der Waals surface area contributed by atoms with Gasteiger partial charge in [-0.1, -0.05) is 24.3 Å². The summed E-state index contributed by atoms with van der Waals surface area (Å²) in [6.07, 6.45) is 5.94. The topological polar surface area (TPSA) is 54.9 Å². The fraction of sp³-hybridized carbons (Fsp3) is 0.421. The predicted octanol–water partition coefficient (Wildman–Crippen LogP) is 3.31. The Hall–Kier alpha value is -1.88. The Morgan fingerprint density at radius 2 is 2.12 bits per heavy atom. The third kappa shape index (κ3) is 2.93. The van der Waals surface area contributed by atoms with Crippen molar-refractivity contribution in [2.75, 3.05) is 5.75 Å². The van der Waals surface area contributed by atoms with Crippen molar-refractivity contribution in [3.8, 4) is 0 Å². The highest BCUT2D eigenvalue weighted by molar-refractivity contribution is 8.00. The molecule has 2 aromatic rings. The van der Waals surface area contributed by atoms with Crippen LogP contribution >= 0.6 is 11.8 Å². The Bertz CT molecular complexity index is 777. The number of nitrogens with zero attached hydrogens (tertiary/aromatic N) is 2. The molecular weight excluding hydrogens is 318 g/mol. The van der Waals surface area contributed by atoms with Crippen molar-refractivity contribution in [2.45, 2.75) is 43.9 Å². The van der Waals surface area contributed by atoms with Crippen LogP contribution in [0.1, 0.15) is 52.3 Å². The largest absolute Gasteiger partial charge is 0.348 e. The van der Waals surface area contributed by atoms with Gasteiger partial charge in [0.05, 0.1) is 6.04 Å². The van der Waals surface area contributed by atoms with Gasteiger partial charge >= 0.3 is 0 Å². The average molecular weight is 339 g/mol. The standard InChI is InChI=1S/C19H21N3OS/c1-12-20-11-15-16(21-12)7-4-8-17(15)22-19(23)18-14-6-3-2-5-13(14)9-10-24-18/h2-3,5-6,11,17-18H,4,7-10H2,1H3,(H,22,23)/t17-,18-/m0/s1. The lowest BCUT2D eigenvalue weighted by Crippen LogP contribution is -2.35. The van der Waals surface area contributed by atoms with E-state index in [1.54, 1.807) is 11.8 Å². The first-order valence-corrected chi connectivity index (χ1v) is 9.59. The molecule has 4 rings (SSSR count). The zero-order chi connectivity index (χ0) is 16.5. The van der Waals surface area contributed by atoms with Crippen LogP contribution in [0, 0.1) is 6.92 Å². The minimum Gasteiger partial charge on any atom is -0.348 e. The van der Waals surface area contributed by atoms with E-state index in [-0.39, 0.29) is 17.2 Å². The second-order valence-corrected chi connectivity index (χ2v) is 7.69. The summed E-state index contributed by atoms with van der Waals surface area (Å²) in [5.74, 6) is 1.92. The van der Waals surface area contributed by atoms with E-state index < -0.39 is 0 Å². The van der Waals surface area contributed by atoms with E-state index in [9.17, 15) is 4.79 Å². The van der Waals surface area contributed by atoms with Gasteiger partial charge in [0.1, 0.15) is 11.1 Å². The quantitative estimate of drug-likeness (QED) is 0.912. The maximum absolute atomic E-state index is 12.9. The number of carbonyl (C=O) groups is 1. The van der Waals surface area contributed by atoms with Gasteiger partial charge in [0.25, 0.3) is 0 Å². The lowest BCUT2D eigenvalue weighted by molar-refractivity contribution is -0.121. The number of carbonyl (C=O) groups excluding carboxylic acids is 1. The minimum atomic E-state index is -0.105. The van der Waals surface area contributed by atoms with Gasteiger partial charge < -0.3 is 5.32 Å². The molecule has 4 nitrogen and oxygen atoms in total. The average Bonchev–Trinajstić information content (AvgIpc) is 2.61. The molecule has 0 radical (unpaired) electrons. The van der Waals surface area contributed by atoms with E-state index in [0.29, 0.717) is 0 Å². The molecule has 0 saturated heterocycles. The summed E-state index contributed by atoms with van der Waals surface area (Å²) in [6, 6.07) is 8.35. The molecular formula is C19H21N3OS. The summed E-state index contributed by atoms with van der Waals surface area (Å²) in [7, 11) is 0. The number of hydrogen-bond acceptors (Lipinski definition) is 4. The SMILES string of the molecule is Cc1ncc2c(n1)CCC[C@@H]2NC(=O)[C@H]1SCCc2ccccc21. The molecule has 1 aromatic carbocycles. The van der Waals surface area contributed by atoms with Crippen molar-refractivity contribution >= 4 is 17.7 Å². The van der Waals surface area contributed by atoms with Gasteiger partial charge in [0, 0.05) is 17.5 Å². The minimum absolute atomic E-state index is 0.0385. The molecule has 24 heavy (non-hydrogen) atoms. The molecule has 124 valence electrons. The van der Waals surface area contributed by atoms with Crippen LogP contribution in [-0.4, -0.2) is 21.6 Å². The summed E-state index contributed by atoms with van der Waals surface area (Å²) in [5.41, 5.74) is 4.66. The summed E-state index contributed by atoms with van der Waals surface area (Å²) >= 11 is 1.74. The lowest BCUT2D eigenvalue weighted by Gasteiger charge is -2.29. The second kappa shape index (κ2) is 6.55. The first-order valence-electron chi connectivity index (χ1n) is 8.54. The summed E-state index contributed by atoms with van der Waals surface area (Å²) in [4.78, 5) is 21.8. The molecule has 0 fully saturated rings. The molecule has 2 atom stereocenters. The summed E-state index contributed by atoms with van der Waals surface area (Å²) in [6.45, 7) is 1.91. The van der Waals surface area contributed by atoms with Crippen molar-refractivity contribution in [1.82, 2.24) is 15.3 Å². The maximum Gasteiger partial charge on any atom is 0.238 e. The van der Waals surface area contributed by atoms with Gasteiger partial charge in [-0.2, -0.15) is 0 Å². The van der Waals surface area contributed by atoms with Crippen LogP contribution in [0.5, 0.6) is 0 Å². The van der Waals surface area contributed by atoms with Crippen LogP contribution in [0.4, 0.5) is 0 Å². The Labute approximate surface area is 146 Å². The number of nitrogens with one attached hydrogen (secondary N) is 1. The maximum atomic E-state index is 12.9. The number of aromatic nitrogens is 2. The second-order valence-electron chi connectivity index (χ2n) is 6.47. The first kappa shape index (κ1) is 15.6. The zero-order valence-electron chi connectivity index (χ0n) is 13.8. The normalized spacial score (nSPS) is 22.4. The molecule has 1 N–H and O–H groups in total. The van der Waals surface area contributed by atoms with E-state index in [4.69, 9.17) is 0 Å². The highest BCUT2D eigenvalue weighted by Crippen LogP contribution is 2.38. The van der Waals surface area contributed by atoms with Crippen molar-refractivity contribution in [3.05, 3.63) is 58.7 Å². The van der Waals surface area contributed by atoms with Gasteiger partial charge in [-0.25, -0.2) is 9.97 Å². The molecule has 1 amide bonds. The number of amides is 1. The summed E-state index contributed by atoms with van der Waals surface area (Å²) in [5, 5.41) is 3.16. The third-order valence-corrected chi connectivity index (χ3v) is 6.09. The Morgan fingerprint density at radius 3 is 3.04 bits per heavy atom. The van der Waals surface area contributed by atoms with Crippen LogP contribution in [-0.2, 0) is 17.6 Å². The van der Waals surface area contributed by atoms with Crippen LogP contribution in [0.2, 0.25) is 0 Å². The highest BCUT2D eigenvalue weighted by Gasteiger charge is 2.30. The first-order chi connectivity index (χ1) is 11.7. The van der Waals surface area contributed by atoms with Crippen LogP contribution in [0.25, 0.3) is 0 Å². The molecule has 0 saturated carbocycles. The Kier molecular flexibility index (Phi) is 4.27. The number of rotatable bonds is 2. The summed E-state index contributed by atoms with van der Waals surface area (Å²) < 4.78 is 0. The zero-order valence-corrected chi connectivity index (χ0v) is 14.6.